The van der Waals surface area contributed by atoms with Gasteiger partial charge in [0.25, 0.3) is 5.08 Å². The smallest absolute Gasteiger partial charge is 0.371 e. The molecule has 0 heterocycles. The maximum absolute atomic E-state index is 10.3. The molecule has 0 fully saturated rings. The Morgan fingerprint density at radius 3 is 1.14 bits per heavy atom. The molecule has 2 radical (unpaired) electrons. The summed E-state index contributed by atoms with van der Waals surface area (Å²) in [6, 6.07) is 0. The van der Waals surface area contributed by atoms with Gasteiger partial charge in [-0.2, -0.15) is 0 Å². The van der Waals surface area contributed by atoms with Gasteiger partial charge < -0.3 is 29.8 Å². The molecular formula is C2H8Li2O8P2. The van der Waals surface area contributed by atoms with E-state index in [9.17, 15) is 9.13 Å². The minimum atomic E-state index is -5.47. The number of hydrogen-bond acceptors (Lipinski definition) is 4. The molecule has 0 aliphatic rings. The van der Waals surface area contributed by atoms with Crippen LogP contribution in [0.2, 0.25) is 0 Å². The molecule has 0 aliphatic carbocycles. The zero-order valence-electron chi connectivity index (χ0n) is 7.60. The van der Waals surface area contributed by atoms with Crippen molar-refractivity contribution >= 4 is 52.9 Å². The van der Waals surface area contributed by atoms with Gasteiger partial charge in [0.05, 0.1) is 6.61 Å². The van der Waals surface area contributed by atoms with Crippen LogP contribution >= 0.6 is 15.2 Å². The van der Waals surface area contributed by atoms with Gasteiger partial charge in [0, 0.05) is 37.7 Å². The first-order chi connectivity index (χ1) is 5.06. The third kappa shape index (κ3) is 4.12. The van der Waals surface area contributed by atoms with Gasteiger partial charge in [-0.1, -0.05) is 0 Å². The number of rotatable bonds is 3. The molecule has 0 rings (SSSR count). The van der Waals surface area contributed by atoms with Crippen LogP contribution in [0.5, 0.6) is 0 Å². The summed E-state index contributed by atoms with van der Waals surface area (Å²) in [5, 5.41) is 13.2. The van der Waals surface area contributed by atoms with E-state index in [4.69, 9.17) is 29.8 Å². The van der Waals surface area contributed by atoms with E-state index in [-0.39, 0.29) is 37.7 Å². The average Bonchev–Trinajstić information content (AvgIpc) is 1.81. The van der Waals surface area contributed by atoms with Crippen molar-refractivity contribution in [2.45, 2.75) is 5.08 Å². The molecule has 0 aromatic carbocycles. The summed E-state index contributed by atoms with van der Waals surface area (Å²) in [4.78, 5) is 33.1. The van der Waals surface area contributed by atoms with Crippen LogP contribution in [0.1, 0.15) is 0 Å². The Kier molecular flexibility index (Phi) is 9.24. The van der Waals surface area contributed by atoms with Crippen molar-refractivity contribution in [1.82, 2.24) is 0 Å². The van der Waals surface area contributed by atoms with Gasteiger partial charge in [-0.25, -0.2) is 0 Å². The van der Waals surface area contributed by atoms with Crippen LogP contribution < -0.4 is 0 Å². The van der Waals surface area contributed by atoms with E-state index >= 15 is 0 Å². The minimum Gasteiger partial charge on any atom is -0.392 e. The van der Waals surface area contributed by atoms with E-state index in [1.807, 2.05) is 0 Å². The van der Waals surface area contributed by atoms with Crippen LogP contribution in [-0.2, 0) is 9.13 Å². The number of hydrogen-bond donors (Lipinski definition) is 6. The van der Waals surface area contributed by atoms with Crippen molar-refractivity contribution in [2.75, 3.05) is 6.61 Å². The third-order valence-electron chi connectivity index (χ3n) is 1.15. The summed E-state index contributed by atoms with van der Waals surface area (Å²) >= 11 is 0. The van der Waals surface area contributed by atoms with E-state index in [1.54, 1.807) is 0 Å². The first-order valence-electron chi connectivity index (χ1n) is 2.51. The quantitative estimate of drug-likeness (QED) is 0.227. The van der Waals surface area contributed by atoms with Crippen LogP contribution in [0.25, 0.3) is 0 Å². The van der Waals surface area contributed by atoms with Crippen LogP contribution in [0.3, 0.4) is 0 Å². The predicted octanol–water partition coefficient (Wildman–Crippen LogP) is -2.78. The van der Waals surface area contributed by atoms with Crippen molar-refractivity contribution in [3.05, 3.63) is 0 Å². The Labute approximate surface area is 103 Å². The fraction of sp³-hybridized carbons (Fsp3) is 1.00. The molecular weight excluding hydrogens is 228 g/mol. The molecule has 0 atom stereocenters. The molecule has 0 unspecified atom stereocenters. The van der Waals surface area contributed by atoms with Crippen molar-refractivity contribution < 1.29 is 38.9 Å². The minimum absolute atomic E-state index is 0. The zero-order chi connectivity index (χ0) is 10.2. The van der Waals surface area contributed by atoms with Crippen LogP contribution in [0, 0.1) is 0 Å². The maximum Gasteiger partial charge on any atom is 0.371 e. The van der Waals surface area contributed by atoms with Gasteiger partial charge in [0.15, 0.2) is 0 Å². The Morgan fingerprint density at radius 1 is 0.929 bits per heavy atom. The van der Waals surface area contributed by atoms with Gasteiger partial charge in [0.2, 0.25) is 0 Å². The van der Waals surface area contributed by atoms with Crippen LogP contribution in [-0.4, -0.2) is 79.2 Å². The Balaban J connectivity index is -0.000000605. The Hall–Kier alpha value is 1.41. The second kappa shape index (κ2) is 6.22. The molecule has 8 nitrogen and oxygen atoms in total. The molecule has 0 aromatic rings. The summed E-state index contributed by atoms with van der Waals surface area (Å²) < 4.78 is 20.6. The molecule has 0 saturated heterocycles. The van der Waals surface area contributed by atoms with Crippen LogP contribution in [0.15, 0.2) is 0 Å². The molecule has 0 spiro atoms. The fourth-order valence-corrected chi connectivity index (χ4v) is 2.08. The summed E-state index contributed by atoms with van der Waals surface area (Å²) in [5.74, 6) is 0. The Morgan fingerprint density at radius 2 is 1.14 bits per heavy atom. The van der Waals surface area contributed by atoms with Gasteiger partial charge in [-0.15, -0.1) is 0 Å². The van der Waals surface area contributed by atoms with Crippen LogP contribution in [0.4, 0.5) is 0 Å². The molecule has 0 aromatic heterocycles. The molecule has 0 saturated carbocycles. The first-order valence-corrected chi connectivity index (χ1v) is 5.73. The molecule has 14 heavy (non-hydrogen) atoms. The van der Waals surface area contributed by atoms with E-state index in [0.29, 0.717) is 0 Å². The monoisotopic (exact) mass is 236 g/mol. The average molecular weight is 236 g/mol. The summed E-state index contributed by atoms with van der Waals surface area (Å²) in [5.41, 5.74) is 0. The summed E-state index contributed by atoms with van der Waals surface area (Å²) in [6.45, 7) is -1.72. The van der Waals surface area contributed by atoms with Gasteiger partial charge in [0.1, 0.15) is 0 Å². The third-order valence-corrected chi connectivity index (χ3v) is 4.86. The molecule has 76 valence electrons. The van der Waals surface area contributed by atoms with Gasteiger partial charge in [-0.05, 0) is 0 Å². The van der Waals surface area contributed by atoms with E-state index in [2.05, 4.69) is 0 Å². The second-order valence-corrected chi connectivity index (χ2v) is 6.03. The Bertz CT molecular complexity index is 232. The molecule has 0 bridgehead atoms. The van der Waals surface area contributed by atoms with E-state index in [0.717, 1.165) is 0 Å². The SMILES string of the molecule is O=P(O)(O)C(O)(CO)P(=O)(O)O.[Li].[Li]. The first kappa shape index (κ1) is 20.8. The van der Waals surface area contributed by atoms with Gasteiger partial charge >= 0.3 is 15.2 Å². The fourth-order valence-electron chi connectivity index (χ4n) is 0.354. The molecule has 6 N–H and O–H groups in total. The van der Waals surface area contributed by atoms with Crippen molar-refractivity contribution in [3.8, 4) is 0 Å². The van der Waals surface area contributed by atoms with E-state index < -0.39 is 26.9 Å². The zero-order valence-corrected chi connectivity index (χ0v) is 9.39. The second-order valence-electron chi connectivity index (χ2n) is 2.02. The molecule has 12 heteroatoms. The standard InChI is InChI=1S/C2H8O8P2.2Li/c3-1-2(4,11(5,6)7)12(8,9)10;;/h3-4H,1H2,(H2,5,6,7)(H2,8,9,10);;. The normalized spacial score (nSPS) is 12.7. The number of aliphatic hydroxyl groups excluding tert-OH is 1. The predicted molar refractivity (Wildman–Crippen MR) is 47.6 cm³/mol. The summed E-state index contributed by atoms with van der Waals surface area (Å²) in [6.07, 6.45) is 0. The van der Waals surface area contributed by atoms with Crippen molar-refractivity contribution in [2.24, 2.45) is 0 Å². The largest absolute Gasteiger partial charge is 0.392 e. The number of aliphatic hydroxyl groups is 2. The molecule has 0 amide bonds. The van der Waals surface area contributed by atoms with Crippen molar-refractivity contribution in [3.63, 3.8) is 0 Å². The van der Waals surface area contributed by atoms with E-state index in [1.165, 1.54) is 0 Å². The maximum atomic E-state index is 10.3. The van der Waals surface area contributed by atoms with Gasteiger partial charge in [-0.3, -0.25) is 9.13 Å². The topological polar surface area (TPSA) is 156 Å². The summed E-state index contributed by atoms with van der Waals surface area (Å²) in [7, 11) is -10.9. The van der Waals surface area contributed by atoms with Crippen molar-refractivity contribution in [1.29, 1.82) is 0 Å². The molecule has 0 aliphatic heterocycles.